The third-order valence-corrected chi connectivity index (χ3v) is 3.33. The summed E-state index contributed by atoms with van der Waals surface area (Å²) in [6.07, 6.45) is 0.940. The normalized spacial score (nSPS) is 11.9. The molecule has 0 aromatic heterocycles. The van der Waals surface area contributed by atoms with E-state index >= 15 is 0 Å². The van der Waals surface area contributed by atoms with Crippen molar-refractivity contribution < 1.29 is 9.47 Å². The van der Waals surface area contributed by atoms with Crippen LogP contribution in [0.5, 0.6) is 11.5 Å². The summed E-state index contributed by atoms with van der Waals surface area (Å²) in [5.74, 6) is 1.86. The molecule has 0 heterocycles. The number of ether oxygens (including phenoxy) is 2. The van der Waals surface area contributed by atoms with Gasteiger partial charge < -0.3 is 14.8 Å². The van der Waals surface area contributed by atoms with Gasteiger partial charge in [-0.1, -0.05) is 36.4 Å². The topological polar surface area (TPSA) is 30.5 Å². The molecule has 0 fully saturated rings. The minimum absolute atomic E-state index is 0.376. The third-order valence-electron chi connectivity index (χ3n) is 3.33. The highest BCUT2D eigenvalue weighted by atomic mass is 16.5. The van der Waals surface area contributed by atoms with Crippen LogP contribution in [0.25, 0.3) is 0 Å². The summed E-state index contributed by atoms with van der Waals surface area (Å²) < 4.78 is 11.0. The molecule has 2 rings (SSSR count). The maximum atomic E-state index is 5.66. The van der Waals surface area contributed by atoms with Crippen LogP contribution in [0.4, 0.5) is 0 Å². The molecular formula is C18H23NO2. The number of benzene rings is 2. The van der Waals surface area contributed by atoms with Gasteiger partial charge in [-0.25, -0.2) is 0 Å². The van der Waals surface area contributed by atoms with Crippen molar-refractivity contribution in [3.63, 3.8) is 0 Å². The average Bonchev–Trinajstić information content (AvgIpc) is 2.53. The first kappa shape index (κ1) is 15.4. The average molecular weight is 285 g/mol. The van der Waals surface area contributed by atoms with Crippen molar-refractivity contribution in [1.29, 1.82) is 0 Å². The smallest absolute Gasteiger partial charge is 0.122 e. The van der Waals surface area contributed by atoms with Crippen molar-refractivity contribution in [3.8, 4) is 11.5 Å². The second-order valence-corrected chi connectivity index (χ2v) is 5.03. The summed E-state index contributed by atoms with van der Waals surface area (Å²) in [5, 5.41) is 3.47. The van der Waals surface area contributed by atoms with Crippen molar-refractivity contribution in [2.45, 2.75) is 19.4 Å². The number of hydrogen-bond acceptors (Lipinski definition) is 3. The molecule has 1 unspecified atom stereocenters. The summed E-state index contributed by atoms with van der Waals surface area (Å²) in [6.45, 7) is 3.67. The summed E-state index contributed by atoms with van der Waals surface area (Å²) in [5.41, 5.74) is 1.23. The van der Waals surface area contributed by atoms with E-state index in [1.165, 1.54) is 5.56 Å². The van der Waals surface area contributed by atoms with E-state index in [1.807, 2.05) is 48.5 Å². The third kappa shape index (κ3) is 5.12. The van der Waals surface area contributed by atoms with E-state index in [1.54, 1.807) is 7.11 Å². The lowest BCUT2D eigenvalue weighted by Crippen LogP contribution is -2.31. The maximum absolute atomic E-state index is 5.66. The lowest BCUT2D eigenvalue weighted by atomic mass is 10.1. The molecule has 0 saturated heterocycles. The second-order valence-electron chi connectivity index (χ2n) is 5.03. The van der Waals surface area contributed by atoms with Gasteiger partial charge >= 0.3 is 0 Å². The highest BCUT2D eigenvalue weighted by Crippen LogP contribution is 2.18. The van der Waals surface area contributed by atoms with Crippen LogP contribution in [0.15, 0.2) is 54.6 Å². The molecule has 0 spiro atoms. The Kier molecular flexibility index (Phi) is 6.10. The molecule has 1 N–H and O–H groups in total. The lowest BCUT2D eigenvalue weighted by molar-refractivity contribution is 0.306. The largest absolute Gasteiger partial charge is 0.496 e. The van der Waals surface area contributed by atoms with Gasteiger partial charge in [0.05, 0.1) is 7.11 Å². The van der Waals surface area contributed by atoms with Gasteiger partial charge in [0.2, 0.25) is 0 Å². The van der Waals surface area contributed by atoms with Gasteiger partial charge in [-0.3, -0.25) is 0 Å². The minimum Gasteiger partial charge on any atom is -0.496 e. The monoisotopic (exact) mass is 285 g/mol. The van der Waals surface area contributed by atoms with Crippen LogP contribution in [0.3, 0.4) is 0 Å². The molecule has 0 amide bonds. The first-order valence-corrected chi connectivity index (χ1v) is 7.32. The van der Waals surface area contributed by atoms with E-state index in [0.717, 1.165) is 24.5 Å². The van der Waals surface area contributed by atoms with Gasteiger partial charge in [0.15, 0.2) is 0 Å². The number of nitrogens with one attached hydrogen (secondary N) is 1. The van der Waals surface area contributed by atoms with Gasteiger partial charge in [0.1, 0.15) is 18.1 Å². The quantitative estimate of drug-likeness (QED) is 0.755. The molecule has 0 aliphatic rings. The molecule has 0 aliphatic carbocycles. The Morgan fingerprint density at radius 2 is 1.71 bits per heavy atom. The Labute approximate surface area is 126 Å². The zero-order valence-electron chi connectivity index (χ0n) is 12.7. The summed E-state index contributed by atoms with van der Waals surface area (Å²) in [7, 11) is 1.71. The number of methoxy groups -OCH3 is 1. The van der Waals surface area contributed by atoms with E-state index in [-0.39, 0.29) is 0 Å². The Morgan fingerprint density at radius 1 is 1.00 bits per heavy atom. The van der Waals surface area contributed by atoms with E-state index < -0.39 is 0 Å². The van der Waals surface area contributed by atoms with Crippen molar-refractivity contribution in [3.05, 3.63) is 60.2 Å². The van der Waals surface area contributed by atoms with E-state index in [9.17, 15) is 0 Å². The van der Waals surface area contributed by atoms with E-state index in [2.05, 4.69) is 18.3 Å². The van der Waals surface area contributed by atoms with Crippen molar-refractivity contribution >= 4 is 0 Å². The summed E-state index contributed by atoms with van der Waals surface area (Å²) in [4.78, 5) is 0. The summed E-state index contributed by atoms with van der Waals surface area (Å²) >= 11 is 0. The van der Waals surface area contributed by atoms with Crippen molar-refractivity contribution in [2.75, 3.05) is 20.3 Å². The molecule has 1 atom stereocenters. The van der Waals surface area contributed by atoms with Crippen LogP contribution in [0, 0.1) is 0 Å². The standard InChI is InChI=1S/C18H23NO2/c1-15(14-16-8-6-7-11-18(16)20-2)19-12-13-21-17-9-4-3-5-10-17/h3-11,15,19H,12-14H2,1-2H3. The molecule has 3 heteroatoms. The molecule has 2 aromatic rings. The lowest BCUT2D eigenvalue weighted by Gasteiger charge is -2.16. The Balaban J connectivity index is 1.71. The Hall–Kier alpha value is -2.00. The molecule has 21 heavy (non-hydrogen) atoms. The van der Waals surface area contributed by atoms with Crippen LogP contribution >= 0.6 is 0 Å². The van der Waals surface area contributed by atoms with Crippen LogP contribution in [-0.4, -0.2) is 26.3 Å². The van der Waals surface area contributed by atoms with Gasteiger partial charge in [0.25, 0.3) is 0 Å². The van der Waals surface area contributed by atoms with Gasteiger partial charge in [-0.15, -0.1) is 0 Å². The van der Waals surface area contributed by atoms with Crippen LogP contribution in [0.1, 0.15) is 12.5 Å². The van der Waals surface area contributed by atoms with E-state index in [4.69, 9.17) is 9.47 Å². The summed E-state index contributed by atoms with van der Waals surface area (Å²) in [6, 6.07) is 18.4. The van der Waals surface area contributed by atoms with Crippen LogP contribution in [-0.2, 0) is 6.42 Å². The second kappa shape index (κ2) is 8.32. The van der Waals surface area contributed by atoms with Crippen LogP contribution < -0.4 is 14.8 Å². The fourth-order valence-corrected chi connectivity index (χ4v) is 2.26. The fraction of sp³-hybridized carbons (Fsp3) is 0.333. The Bertz CT molecular complexity index is 528. The molecule has 0 radical (unpaired) electrons. The fourth-order valence-electron chi connectivity index (χ4n) is 2.26. The molecule has 3 nitrogen and oxygen atoms in total. The maximum Gasteiger partial charge on any atom is 0.122 e. The van der Waals surface area contributed by atoms with Gasteiger partial charge in [0, 0.05) is 12.6 Å². The predicted octanol–water partition coefficient (Wildman–Crippen LogP) is 3.29. The predicted molar refractivity (Wildman–Crippen MR) is 86.1 cm³/mol. The molecule has 0 aliphatic heterocycles. The molecule has 112 valence electrons. The van der Waals surface area contributed by atoms with Crippen molar-refractivity contribution in [2.24, 2.45) is 0 Å². The first-order chi connectivity index (χ1) is 10.3. The van der Waals surface area contributed by atoms with E-state index in [0.29, 0.717) is 12.6 Å². The minimum atomic E-state index is 0.376. The zero-order valence-corrected chi connectivity index (χ0v) is 12.7. The van der Waals surface area contributed by atoms with Crippen molar-refractivity contribution in [1.82, 2.24) is 5.32 Å². The first-order valence-electron chi connectivity index (χ1n) is 7.32. The number of hydrogen-bond donors (Lipinski definition) is 1. The van der Waals surface area contributed by atoms with Gasteiger partial charge in [-0.2, -0.15) is 0 Å². The molecular weight excluding hydrogens is 262 g/mol. The SMILES string of the molecule is COc1ccccc1CC(C)NCCOc1ccccc1. The van der Waals surface area contributed by atoms with Crippen LogP contribution in [0.2, 0.25) is 0 Å². The number of para-hydroxylation sites is 2. The highest BCUT2D eigenvalue weighted by molar-refractivity contribution is 5.33. The molecule has 2 aromatic carbocycles. The zero-order chi connectivity index (χ0) is 14.9. The Morgan fingerprint density at radius 3 is 2.48 bits per heavy atom. The van der Waals surface area contributed by atoms with Gasteiger partial charge in [-0.05, 0) is 37.1 Å². The molecule has 0 saturated carbocycles. The number of rotatable bonds is 8. The molecule has 0 bridgehead atoms. The highest BCUT2D eigenvalue weighted by Gasteiger charge is 2.07.